The molecule has 1 rings (SSSR count). The zero-order valence-electron chi connectivity index (χ0n) is 10.3. The Morgan fingerprint density at radius 1 is 1.25 bits per heavy atom. The molecule has 0 aliphatic rings. The van der Waals surface area contributed by atoms with Crippen LogP contribution in [0.3, 0.4) is 0 Å². The van der Waals surface area contributed by atoms with Gasteiger partial charge in [-0.15, -0.1) is 0 Å². The maximum Gasteiger partial charge on any atom is 0.310 e. The minimum absolute atomic E-state index is 0.140. The van der Waals surface area contributed by atoms with Crippen LogP contribution in [0.1, 0.15) is 44.2 Å². The molecule has 0 aromatic heterocycles. The first kappa shape index (κ1) is 12.8. The van der Waals surface area contributed by atoms with Crippen LogP contribution in [-0.4, -0.2) is 12.6 Å². The van der Waals surface area contributed by atoms with E-state index in [2.05, 4.69) is 26.0 Å². The van der Waals surface area contributed by atoms with Gasteiger partial charge in [0.05, 0.1) is 13.0 Å². The van der Waals surface area contributed by atoms with Crippen LogP contribution in [0, 0.1) is 0 Å². The molecule has 1 aromatic rings. The largest absolute Gasteiger partial charge is 0.465 e. The molecule has 0 radical (unpaired) electrons. The van der Waals surface area contributed by atoms with E-state index in [0.717, 1.165) is 12.0 Å². The fourth-order valence-corrected chi connectivity index (χ4v) is 1.45. The molecule has 0 heterocycles. The number of ether oxygens (including phenoxy) is 1. The second-order valence-corrected chi connectivity index (χ2v) is 4.29. The average Bonchev–Trinajstić information content (AvgIpc) is 2.27. The minimum atomic E-state index is -0.140. The minimum Gasteiger partial charge on any atom is -0.465 e. The molecule has 0 fully saturated rings. The molecule has 0 aliphatic carbocycles. The van der Waals surface area contributed by atoms with Crippen molar-refractivity contribution in [3.63, 3.8) is 0 Å². The maximum atomic E-state index is 11.4. The first-order valence-electron chi connectivity index (χ1n) is 5.88. The lowest BCUT2D eigenvalue weighted by Gasteiger charge is -2.07. The van der Waals surface area contributed by atoms with Crippen molar-refractivity contribution in [2.24, 2.45) is 0 Å². The molecule has 88 valence electrons. The first-order valence-corrected chi connectivity index (χ1v) is 5.88. The highest BCUT2D eigenvalue weighted by atomic mass is 16.5. The van der Waals surface area contributed by atoms with Crippen LogP contribution >= 0.6 is 0 Å². The normalized spacial score (nSPS) is 10.5. The lowest BCUT2D eigenvalue weighted by atomic mass is 10.0. The topological polar surface area (TPSA) is 26.3 Å². The molecule has 1 aromatic carbocycles. The second-order valence-electron chi connectivity index (χ2n) is 4.29. The molecule has 0 atom stereocenters. The van der Waals surface area contributed by atoms with Gasteiger partial charge in [0.2, 0.25) is 0 Å². The number of benzene rings is 1. The number of hydrogen-bond acceptors (Lipinski definition) is 2. The highest BCUT2D eigenvalue weighted by Crippen LogP contribution is 2.15. The Morgan fingerprint density at radius 2 is 1.88 bits per heavy atom. The number of rotatable bonds is 5. The van der Waals surface area contributed by atoms with Gasteiger partial charge in [0.1, 0.15) is 0 Å². The number of carbonyl (C=O) groups excluding carboxylic acids is 1. The van der Waals surface area contributed by atoms with Crippen LogP contribution in [0.4, 0.5) is 0 Å². The van der Waals surface area contributed by atoms with Gasteiger partial charge in [-0.05, 0) is 23.5 Å². The Labute approximate surface area is 97.6 Å². The van der Waals surface area contributed by atoms with E-state index in [1.54, 1.807) is 0 Å². The van der Waals surface area contributed by atoms with Crippen molar-refractivity contribution in [2.45, 2.75) is 39.5 Å². The molecule has 2 heteroatoms. The molecular weight excluding hydrogens is 200 g/mol. The summed E-state index contributed by atoms with van der Waals surface area (Å²) in [6.45, 7) is 6.82. The van der Waals surface area contributed by atoms with E-state index in [9.17, 15) is 4.79 Å². The summed E-state index contributed by atoms with van der Waals surface area (Å²) in [5.41, 5.74) is 2.32. The summed E-state index contributed by atoms with van der Waals surface area (Å²) in [7, 11) is 0. The molecule has 0 N–H and O–H groups in total. The van der Waals surface area contributed by atoms with Crippen molar-refractivity contribution in [1.82, 2.24) is 0 Å². The predicted octanol–water partition coefficient (Wildman–Crippen LogP) is 3.31. The predicted molar refractivity (Wildman–Crippen MR) is 65.5 cm³/mol. The van der Waals surface area contributed by atoms with Crippen LogP contribution < -0.4 is 0 Å². The van der Waals surface area contributed by atoms with E-state index in [1.807, 2.05) is 19.1 Å². The van der Waals surface area contributed by atoms with E-state index >= 15 is 0 Å². The fourth-order valence-electron chi connectivity index (χ4n) is 1.45. The van der Waals surface area contributed by atoms with Gasteiger partial charge in [0, 0.05) is 0 Å². The van der Waals surface area contributed by atoms with Crippen LogP contribution in [0.2, 0.25) is 0 Å². The highest BCUT2D eigenvalue weighted by molar-refractivity contribution is 5.72. The molecule has 0 spiro atoms. The molecule has 0 unspecified atom stereocenters. The average molecular weight is 220 g/mol. The number of esters is 1. The lowest BCUT2D eigenvalue weighted by molar-refractivity contribution is -0.142. The molecule has 0 saturated carbocycles. The van der Waals surface area contributed by atoms with Crippen molar-refractivity contribution in [2.75, 3.05) is 6.61 Å². The van der Waals surface area contributed by atoms with Gasteiger partial charge in [0.25, 0.3) is 0 Å². The Morgan fingerprint density at radius 3 is 2.38 bits per heavy atom. The zero-order chi connectivity index (χ0) is 12.0. The summed E-state index contributed by atoms with van der Waals surface area (Å²) in [6.07, 6.45) is 1.25. The van der Waals surface area contributed by atoms with Gasteiger partial charge in [-0.25, -0.2) is 0 Å². The van der Waals surface area contributed by atoms with Crippen molar-refractivity contribution >= 4 is 5.97 Å². The molecule has 0 saturated heterocycles. The highest BCUT2D eigenvalue weighted by Gasteiger charge is 2.05. The Kier molecular flexibility index (Phi) is 5.03. The van der Waals surface area contributed by atoms with E-state index < -0.39 is 0 Å². The zero-order valence-corrected chi connectivity index (χ0v) is 10.3. The van der Waals surface area contributed by atoms with Crippen molar-refractivity contribution in [1.29, 1.82) is 0 Å². The number of hydrogen-bond donors (Lipinski definition) is 0. The third-order valence-electron chi connectivity index (χ3n) is 2.46. The molecule has 0 aliphatic heterocycles. The van der Waals surface area contributed by atoms with Crippen LogP contribution in [0.5, 0.6) is 0 Å². The van der Waals surface area contributed by atoms with Crippen LogP contribution in [0.15, 0.2) is 24.3 Å². The molecular formula is C14H20O2. The van der Waals surface area contributed by atoms with Gasteiger partial charge >= 0.3 is 5.97 Å². The molecule has 2 nitrogen and oxygen atoms in total. The van der Waals surface area contributed by atoms with Crippen LogP contribution in [0.25, 0.3) is 0 Å². The fraction of sp³-hybridized carbons (Fsp3) is 0.500. The van der Waals surface area contributed by atoms with Crippen molar-refractivity contribution in [3.8, 4) is 0 Å². The summed E-state index contributed by atoms with van der Waals surface area (Å²) in [5.74, 6) is 0.389. The third-order valence-corrected chi connectivity index (χ3v) is 2.46. The van der Waals surface area contributed by atoms with E-state index in [1.165, 1.54) is 5.56 Å². The van der Waals surface area contributed by atoms with Gasteiger partial charge in [-0.1, -0.05) is 45.0 Å². The summed E-state index contributed by atoms with van der Waals surface area (Å²) in [5, 5.41) is 0. The Hall–Kier alpha value is -1.31. The lowest BCUT2D eigenvalue weighted by Crippen LogP contribution is -2.08. The third kappa shape index (κ3) is 4.05. The Bertz CT molecular complexity index is 325. The maximum absolute atomic E-state index is 11.4. The summed E-state index contributed by atoms with van der Waals surface area (Å²) < 4.78 is 5.03. The summed E-state index contributed by atoms with van der Waals surface area (Å²) >= 11 is 0. The van der Waals surface area contributed by atoms with Crippen LogP contribution in [-0.2, 0) is 16.0 Å². The van der Waals surface area contributed by atoms with Crippen molar-refractivity contribution in [3.05, 3.63) is 35.4 Å². The monoisotopic (exact) mass is 220 g/mol. The summed E-state index contributed by atoms with van der Waals surface area (Å²) in [6, 6.07) is 8.16. The van der Waals surface area contributed by atoms with E-state index in [4.69, 9.17) is 4.74 Å². The molecule has 0 amide bonds. The smallest absolute Gasteiger partial charge is 0.310 e. The second kappa shape index (κ2) is 6.31. The van der Waals surface area contributed by atoms with Gasteiger partial charge in [0.15, 0.2) is 0 Å². The standard InChI is InChI=1S/C14H20O2/c1-4-9-16-14(15)10-12-5-7-13(8-6-12)11(2)3/h5-8,11H,4,9-10H2,1-3H3. The molecule has 16 heavy (non-hydrogen) atoms. The Balaban J connectivity index is 2.51. The SMILES string of the molecule is CCCOC(=O)Cc1ccc(C(C)C)cc1. The first-order chi connectivity index (χ1) is 7.63. The van der Waals surface area contributed by atoms with Crippen molar-refractivity contribution < 1.29 is 9.53 Å². The van der Waals surface area contributed by atoms with E-state index in [-0.39, 0.29) is 5.97 Å². The van der Waals surface area contributed by atoms with E-state index in [0.29, 0.717) is 18.9 Å². The van der Waals surface area contributed by atoms with Gasteiger partial charge < -0.3 is 4.74 Å². The quantitative estimate of drug-likeness (QED) is 0.712. The van der Waals surface area contributed by atoms with Gasteiger partial charge in [-0.2, -0.15) is 0 Å². The van der Waals surface area contributed by atoms with Gasteiger partial charge in [-0.3, -0.25) is 4.79 Å². The number of carbonyl (C=O) groups is 1. The summed E-state index contributed by atoms with van der Waals surface area (Å²) in [4.78, 5) is 11.4. The molecule has 0 bridgehead atoms.